The van der Waals surface area contributed by atoms with Crippen molar-refractivity contribution < 1.29 is 24.5 Å². The quantitative estimate of drug-likeness (QED) is 0.624. The smallest absolute Gasteiger partial charge is 0.336 e. The van der Waals surface area contributed by atoms with Crippen molar-refractivity contribution >= 4 is 17.6 Å². The third-order valence-electron chi connectivity index (χ3n) is 3.54. The first-order valence-electron chi connectivity index (χ1n) is 7.52. The van der Waals surface area contributed by atoms with Gasteiger partial charge in [0.2, 0.25) is 0 Å². The summed E-state index contributed by atoms with van der Waals surface area (Å²) >= 11 is 0. The van der Waals surface area contributed by atoms with Gasteiger partial charge in [0.25, 0.3) is 0 Å². The molecule has 0 aromatic heterocycles. The maximum Gasteiger partial charge on any atom is 0.336 e. The molecule has 0 spiro atoms. The highest BCUT2D eigenvalue weighted by molar-refractivity contribution is 6.21. The molecule has 2 rings (SSSR count). The number of methoxy groups -OCH3 is 1. The second-order valence-electron chi connectivity index (χ2n) is 5.20. The average Bonchev–Trinajstić information content (AvgIpc) is 2.53. The van der Waals surface area contributed by atoms with Crippen molar-refractivity contribution in [2.45, 2.75) is 13.8 Å². The van der Waals surface area contributed by atoms with E-state index in [-0.39, 0.29) is 11.3 Å². The van der Waals surface area contributed by atoms with Crippen LogP contribution in [0.3, 0.4) is 0 Å². The van der Waals surface area contributed by atoms with Gasteiger partial charge < -0.3 is 19.7 Å². The van der Waals surface area contributed by atoms with E-state index in [1.54, 1.807) is 30.3 Å². The van der Waals surface area contributed by atoms with Crippen LogP contribution in [0.2, 0.25) is 0 Å². The second-order valence-corrected chi connectivity index (χ2v) is 5.20. The summed E-state index contributed by atoms with van der Waals surface area (Å²) in [6.07, 6.45) is 1.52. The fourth-order valence-corrected chi connectivity index (χ4v) is 2.41. The van der Waals surface area contributed by atoms with Gasteiger partial charge in [-0.15, -0.1) is 0 Å². The Morgan fingerprint density at radius 1 is 1.21 bits per heavy atom. The Morgan fingerprint density at radius 3 is 2.50 bits per heavy atom. The minimum absolute atomic E-state index is 0.0422. The highest BCUT2D eigenvalue weighted by atomic mass is 16.5. The molecule has 0 aliphatic rings. The van der Waals surface area contributed by atoms with Crippen LogP contribution in [0.5, 0.6) is 17.2 Å². The van der Waals surface area contributed by atoms with Crippen molar-refractivity contribution in [1.29, 1.82) is 0 Å². The molecule has 0 atom stereocenters. The normalized spacial score (nSPS) is 11.2. The largest absolute Gasteiger partial charge is 0.504 e. The molecule has 5 nitrogen and oxygen atoms in total. The molecule has 24 heavy (non-hydrogen) atoms. The lowest BCUT2D eigenvalue weighted by atomic mass is 9.98. The van der Waals surface area contributed by atoms with Crippen molar-refractivity contribution in [2.75, 3.05) is 13.7 Å². The average molecular weight is 328 g/mol. The zero-order valence-electron chi connectivity index (χ0n) is 13.9. The minimum atomic E-state index is -1.04. The molecule has 0 aliphatic heterocycles. The number of phenols is 1. The standard InChI is InChI=1S/C19H20O5/c1-4-24-14-6-7-15(12(2)9-14)16(19(21)22)10-13-5-8-18(23-3)17(20)11-13/h5-11,20H,4H2,1-3H3,(H,21,22)/b16-10-. The molecule has 2 N–H and O–H groups in total. The molecule has 0 amide bonds. The third-order valence-corrected chi connectivity index (χ3v) is 3.54. The van der Waals surface area contributed by atoms with Crippen LogP contribution >= 0.6 is 0 Å². The van der Waals surface area contributed by atoms with E-state index < -0.39 is 5.97 Å². The minimum Gasteiger partial charge on any atom is -0.504 e. The van der Waals surface area contributed by atoms with E-state index in [1.807, 2.05) is 13.8 Å². The van der Waals surface area contributed by atoms with E-state index in [1.165, 1.54) is 19.3 Å². The monoisotopic (exact) mass is 328 g/mol. The van der Waals surface area contributed by atoms with Crippen LogP contribution in [0.1, 0.15) is 23.6 Å². The Morgan fingerprint density at radius 2 is 1.96 bits per heavy atom. The van der Waals surface area contributed by atoms with E-state index in [2.05, 4.69) is 0 Å². The molecule has 0 heterocycles. The fraction of sp³-hybridized carbons (Fsp3) is 0.211. The zero-order valence-corrected chi connectivity index (χ0v) is 13.9. The van der Waals surface area contributed by atoms with E-state index >= 15 is 0 Å². The fourth-order valence-electron chi connectivity index (χ4n) is 2.41. The maximum atomic E-state index is 11.7. The first-order valence-corrected chi connectivity index (χ1v) is 7.52. The summed E-state index contributed by atoms with van der Waals surface area (Å²) in [7, 11) is 1.45. The number of hydrogen-bond donors (Lipinski definition) is 2. The highest BCUT2D eigenvalue weighted by Crippen LogP contribution is 2.30. The summed E-state index contributed by atoms with van der Waals surface area (Å²) < 4.78 is 10.4. The van der Waals surface area contributed by atoms with Gasteiger partial charge in [-0.2, -0.15) is 0 Å². The number of benzene rings is 2. The van der Waals surface area contributed by atoms with Gasteiger partial charge in [-0.25, -0.2) is 4.79 Å². The Bertz CT molecular complexity index is 777. The lowest BCUT2D eigenvalue weighted by Crippen LogP contribution is -2.02. The summed E-state index contributed by atoms with van der Waals surface area (Å²) in [5.41, 5.74) is 2.10. The van der Waals surface area contributed by atoms with Gasteiger partial charge >= 0.3 is 5.97 Å². The Hall–Kier alpha value is -2.95. The molecule has 0 fully saturated rings. The number of aromatic hydroxyl groups is 1. The first kappa shape index (κ1) is 17.4. The number of hydrogen-bond acceptors (Lipinski definition) is 4. The van der Waals surface area contributed by atoms with Crippen LogP contribution in [0.15, 0.2) is 36.4 Å². The van der Waals surface area contributed by atoms with Crippen molar-refractivity contribution in [3.63, 3.8) is 0 Å². The number of aryl methyl sites for hydroxylation is 1. The lowest BCUT2D eigenvalue weighted by molar-refractivity contribution is -0.130. The summed E-state index contributed by atoms with van der Waals surface area (Å²) in [6, 6.07) is 10.0. The van der Waals surface area contributed by atoms with Gasteiger partial charge in [-0.05, 0) is 60.9 Å². The van der Waals surface area contributed by atoms with E-state index in [0.717, 1.165) is 5.56 Å². The summed E-state index contributed by atoms with van der Waals surface area (Å²) in [5, 5.41) is 19.4. The molecule has 2 aromatic carbocycles. The van der Waals surface area contributed by atoms with Crippen molar-refractivity contribution in [3.05, 3.63) is 53.1 Å². The predicted molar refractivity (Wildman–Crippen MR) is 92.5 cm³/mol. The van der Waals surface area contributed by atoms with Crippen LogP contribution < -0.4 is 9.47 Å². The molecule has 0 unspecified atom stereocenters. The topological polar surface area (TPSA) is 76.0 Å². The molecule has 5 heteroatoms. The van der Waals surface area contributed by atoms with E-state index in [4.69, 9.17) is 9.47 Å². The van der Waals surface area contributed by atoms with Crippen LogP contribution in [-0.4, -0.2) is 29.9 Å². The highest BCUT2D eigenvalue weighted by Gasteiger charge is 2.14. The van der Waals surface area contributed by atoms with E-state index in [0.29, 0.717) is 29.2 Å². The number of phenolic OH excluding ortho intramolecular Hbond substituents is 1. The Balaban J connectivity index is 2.46. The molecular weight excluding hydrogens is 308 g/mol. The van der Waals surface area contributed by atoms with Gasteiger partial charge in [0.1, 0.15) is 5.75 Å². The Labute approximate surface area is 140 Å². The summed E-state index contributed by atoms with van der Waals surface area (Å²) in [6.45, 7) is 4.27. The van der Waals surface area contributed by atoms with Crippen molar-refractivity contribution in [2.24, 2.45) is 0 Å². The predicted octanol–water partition coefficient (Wildman–Crippen LogP) is 3.73. The summed E-state index contributed by atoms with van der Waals surface area (Å²) in [4.78, 5) is 11.7. The molecule has 0 aliphatic carbocycles. The number of aliphatic carboxylic acids is 1. The summed E-state index contributed by atoms with van der Waals surface area (Å²) in [5.74, 6) is -0.0520. The molecule has 0 bridgehead atoms. The van der Waals surface area contributed by atoms with Gasteiger partial charge in [-0.3, -0.25) is 0 Å². The van der Waals surface area contributed by atoms with Crippen molar-refractivity contribution in [3.8, 4) is 17.2 Å². The number of rotatable bonds is 6. The molecule has 0 saturated carbocycles. The molecule has 0 saturated heterocycles. The zero-order chi connectivity index (χ0) is 17.7. The van der Waals surface area contributed by atoms with Gasteiger partial charge in [0.15, 0.2) is 11.5 Å². The first-order chi connectivity index (χ1) is 11.5. The SMILES string of the molecule is CCOc1ccc(/C(=C/c2ccc(OC)c(O)c2)C(=O)O)c(C)c1. The molecule has 2 aromatic rings. The molecular formula is C19H20O5. The lowest BCUT2D eigenvalue weighted by Gasteiger charge is -2.10. The van der Waals surface area contributed by atoms with Gasteiger partial charge in [0, 0.05) is 0 Å². The number of carbonyl (C=O) groups is 1. The van der Waals surface area contributed by atoms with Gasteiger partial charge in [0.05, 0.1) is 19.3 Å². The number of carboxylic acids is 1. The van der Waals surface area contributed by atoms with Gasteiger partial charge in [-0.1, -0.05) is 12.1 Å². The molecule has 0 radical (unpaired) electrons. The number of carboxylic acid groups (broad SMARTS) is 1. The van der Waals surface area contributed by atoms with Crippen LogP contribution in [0.25, 0.3) is 11.6 Å². The van der Waals surface area contributed by atoms with Crippen LogP contribution in [0.4, 0.5) is 0 Å². The van der Waals surface area contributed by atoms with E-state index in [9.17, 15) is 15.0 Å². The Kier molecular flexibility index (Phi) is 5.47. The van der Waals surface area contributed by atoms with Crippen molar-refractivity contribution in [1.82, 2.24) is 0 Å². The second kappa shape index (κ2) is 7.55. The molecule has 126 valence electrons. The van der Waals surface area contributed by atoms with Crippen LogP contribution in [0, 0.1) is 6.92 Å². The van der Waals surface area contributed by atoms with Crippen LogP contribution in [-0.2, 0) is 4.79 Å². The number of ether oxygens (including phenoxy) is 2. The maximum absolute atomic E-state index is 11.7. The third kappa shape index (κ3) is 3.87.